The van der Waals surface area contributed by atoms with E-state index >= 15 is 0 Å². The van der Waals surface area contributed by atoms with Gasteiger partial charge in [-0.05, 0) is 18.8 Å². The van der Waals surface area contributed by atoms with E-state index in [9.17, 15) is 4.79 Å². The van der Waals surface area contributed by atoms with E-state index in [0.29, 0.717) is 18.9 Å². The van der Waals surface area contributed by atoms with Crippen molar-refractivity contribution in [2.45, 2.75) is 52.5 Å². The van der Waals surface area contributed by atoms with Crippen LogP contribution in [0.5, 0.6) is 0 Å². The molecule has 0 aliphatic rings. The highest BCUT2D eigenvalue weighted by atomic mass is 16.4. The maximum Gasteiger partial charge on any atom is 0.244 e. The number of nitrogens with zero attached hydrogens (tertiary/aromatic N) is 2. The molecule has 0 aliphatic carbocycles. The van der Waals surface area contributed by atoms with Crippen LogP contribution in [-0.2, 0) is 4.79 Å². The summed E-state index contributed by atoms with van der Waals surface area (Å²) in [4.78, 5) is 13.4. The molecule has 5 heteroatoms. The van der Waals surface area contributed by atoms with E-state index in [1.54, 1.807) is 0 Å². The van der Waals surface area contributed by atoms with Crippen LogP contribution in [0.25, 0.3) is 0 Å². The van der Waals surface area contributed by atoms with Crippen LogP contribution in [0.4, 0.5) is 0 Å². The van der Waals surface area contributed by atoms with Crippen molar-refractivity contribution < 1.29 is 10.0 Å². The van der Waals surface area contributed by atoms with Gasteiger partial charge in [-0.25, -0.2) is 0 Å². The fraction of sp³-hybridized carbons (Fsp3) is 0.833. The van der Waals surface area contributed by atoms with Gasteiger partial charge in [0, 0.05) is 6.54 Å². The van der Waals surface area contributed by atoms with Crippen molar-refractivity contribution in [3.63, 3.8) is 0 Å². The van der Waals surface area contributed by atoms with E-state index in [-0.39, 0.29) is 5.91 Å². The van der Waals surface area contributed by atoms with Gasteiger partial charge in [-0.1, -0.05) is 38.8 Å². The van der Waals surface area contributed by atoms with Crippen molar-refractivity contribution in [1.82, 2.24) is 4.90 Å². The van der Waals surface area contributed by atoms with Crippen molar-refractivity contribution >= 4 is 12.2 Å². The second-order valence-electron chi connectivity index (χ2n) is 4.71. The Kier molecular flexibility index (Phi) is 8.40. The molecule has 0 rings (SSSR count). The van der Waals surface area contributed by atoms with Crippen LogP contribution in [0.1, 0.15) is 46.5 Å². The van der Waals surface area contributed by atoms with E-state index in [2.05, 4.69) is 12.1 Å². The summed E-state index contributed by atoms with van der Waals surface area (Å²) in [6.45, 7) is 6.70. The van der Waals surface area contributed by atoms with Gasteiger partial charge in [-0.15, -0.1) is 0 Å². The molecule has 0 aromatic carbocycles. The third kappa shape index (κ3) is 6.94. The standard InChI is InChI=1S/C12H25N3O2/c1-4-5-6-7-15(9-14-17)12(16)11(13)8-10(2)3/h9-11,17H,4-8,13H2,1-3H3/t11-/m0/s1. The average molecular weight is 243 g/mol. The molecular weight excluding hydrogens is 218 g/mol. The molecule has 0 heterocycles. The second-order valence-corrected chi connectivity index (χ2v) is 4.71. The topological polar surface area (TPSA) is 78.9 Å². The van der Waals surface area contributed by atoms with Crippen LogP contribution in [-0.4, -0.2) is 34.9 Å². The number of rotatable bonds is 8. The minimum Gasteiger partial charge on any atom is -0.410 e. The predicted octanol–water partition coefficient (Wildman–Crippen LogP) is 1.80. The zero-order valence-electron chi connectivity index (χ0n) is 11.1. The van der Waals surface area contributed by atoms with Crippen LogP contribution in [0.15, 0.2) is 5.16 Å². The molecule has 0 fully saturated rings. The lowest BCUT2D eigenvalue weighted by Crippen LogP contribution is -2.44. The molecule has 1 atom stereocenters. The van der Waals surface area contributed by atoms with Crippen LogP contribution in [0.3, 0.4) is 0 Å². The fourth-order valence-electron chi connectivity index (χ4n) is 1.64. The zero-order valence-corrected chi connectivity index (χ0v) is 11.1. The fourth-order valence-corrected chi connectivity index (χ4v) is 1.64. The highest BCUT2D eigenvalue weighted by Crippen LogP contribution is 2.06. The molecule has 0 bridgehead atoms. The summed E-state index contributed by atoms with van der Waals surface area (Å²) in [5.74, 6) is 0.199. The maximum absolute atomic E-state index is 12.0. The maximum atomic E-state index is 12.0. The Morgan fingerprint density at radius 3 is 2.59 bits per heavy atom. The lowest BCUT2D eigenvalue weighted by atomic mass is 10.0. The monoisotopic (exact) mass is 243 g/mol. The quantitative estimate of drug-likeness (QED) is 0.224. The largest absolute Gasteiger partial charge is 0.410 e. The molecule has 3 N–H and O–H groups in total. The molecule has 0 unspecified atom stereocenters. The third-order valence-electron chi connectivity index (χ3n) is 2.52. The summed E-state index contributed by atoms with van der Waals surface area (Å²) in [5.41, 5.74) is 5.82. The molecule has 0 saturated carbocycles. The molecule has 0 aromatic heterocycles. The molecule has 0 aliphatic heterocycles. The first-order chi connectivity index (χ1) is 8.02. The molecule has 100 valence electrons. The van der Waals surface area contributed by atoms with E-state index in [1.165, 1.54) is 4.90 Å². The zero-order chi connectivity index (χ0) is 13.3. The number of hydrogen-bond acceptors (Lipinski definition) is 4. The van der Waals surface area contributed by atoms with Crippen molar-refractivity contribution in [2.24, 2.45) is 16.8 Å². The van der Waals surface area contributed by atoms with E-state index < -0.39 is 6.04 Å². The highest BCUT2D eigenvalue weighted by Gasteiger charge is 2.20. The molecule has 0 spiro atoms. The highest BCUT2D eigenvalue weighted by molar-refractivity contribution is 5.91. The lowest BCUT2D eigenvalue weighted by molar-refractivity contribution is -0.129. The van der Waals surface area contributed by atoms with Gasteiger partial charge in [0.05, 0.1) is 6.04 Å². The summed E-state index contributed by atoms with van der Waals surface area (Å²) in [6, 6.07) is -0.519. The second kappa shape index (κ2) is 8.98. The SMILES string of the molecule is CCCCCN(C=NO)C(=O)[C@@H](N)CC(C)C. The van der Waals surface area contributed by atoms with Gasteiger partial charge in [0.15, 0.2) is 0 Å². The predicted molar refractivity (Wildman–Crippen MR) is 68.9 cm³/mol. The van der Waals surface area contributed by atoms with E-state index in [1.807, 2.05) is 13.8 Å². The lowest BCUT2D eigenvalue weighted by Gasteiger charge is -2.21. The minimum atomic E-state index is -0.519. The number of oxime groups is 1. The van der Waals surface area contributed by atoms with Gasteiger partial charge in [0.1, 0.15) is 6.34 Å². The van der Waals surface area contributed by atoms with Crippen LogP contribution < -0.4 is 5.73 Å². The van der Waals surface area contributed by atoms with E-state index in [0.717, 1.165) is 25.6 Å². The summed E-state index contributed by atoms with van der Waals surface area (Å²) in [6.07, 6.45) is 4.81. The summed E-state index contributed by atoms with van der Waals surface area (Å²) < 4.78 is 0. The molecular formula is C12H25N3O2. The van der Waals surface area contributed by atoms with Gasteiger partial charge < -0.3 is 10.9 Å². The Morgan fingerprint density at radius 2 is 2.12 bits per heavy atom. The summed E-state index contributed by atoms with van der Waals surface area (Å²) in [7, 11) is 0. The van der Waals surface area contributed by atoms with Crippen LogP contribution >= 0.6 is 0 Å². The van der Waals surface area contributed by atoms with Crippen molar-refractivity contribution in [1.29, 1.82) is 0 Å². The minimum absolute atomic E-state index is 0.174. The molecule has 5 nitrogen and oxygen atoms in total. The van der Waals surface area contributed by atoms with Crippen molar-refractivity contribution in [2.75, 3.05) is 6.54 Å². The molecule has 1 amide bonds. The Labute approximate surface area is 104 Å². The molecule has 17 heavy (non-hydrogen) atoms. The average Bonchev–Trinajstić information content (AvgIpc) is 2.26. The Balaban J connectivity index is 4.32. The van der Waals surface area contributed by atoms with Gasteiger partial charge in [0.25, 0.3) is 0 Å². The first-order valence-electron chi connectivity index (χ1n) is 6.26. The summed E-state index contributed by atoms with van der Waals surface area (Å²) >= 11 is 0. The number of unbranched alkanes of at least 4 members (excludes halogenated alkanes) is 2. The van der Waals surface area contributed by atoms with E-state index in [4.69, 9.17) is 10.9 Å². The Bertz CT molecular complexity index is 242. The number of nitrogens with two attached hydrogens (primary N) is 1. The third-order valence-corrected chi connectivity index (χ3v) is 2.52. The first kappa shape index (κ1) is 15.9. The number of hydrogen-bond donors (Lipinski definition) is 2. The number of carbonyl (C=O) groups excluding carboxylic acids is 1. The first-order valence-corrected chi connectivity index (χ1v) is 6.26. The van der Waals surface area contributed by atoms with Crippen LogP contribution in [0.2, 0.25) is 0 Å². The van der Waals surface area contributed by atoms with Crippen molar-refractivity contribution in [3.05, 3.63) is 0 Å². The van der Waals surface area contributed by atoms with Crippen LogP contribution in [0, 0.1) is 5.92 Å². The molecule has 0 saturated heterocycles. The molecule has 0 radical (unpaired) electrons. The van der Waals surface area contributed by atoms with Gasteiger partial charge in [-0.3, -0.25) is 9.69 Å². The van der Waals surface area contributed by atoms with Gasteiger partial charge in [0.2, 0.25) is 5.91 Å². The normalized spacial score (nSPS) is 13.2. The number of carbonyl (C=O) groups is 1. The van der Waals surface area contributed by atoms with Crippen molar-refractivity contribution in [3.8, 4) is 0 Å². The Morgan fingerprint density at radius 1 is 1.47 bits per heavy atom. The molecule has 0 aromatic rings. The smallest absolute Gasteiger partial charge is 0.244 e. The summed E-state index contributed by atoms with van der Waals surface area (Å²) in [5, 5.41) is 11.5. The number of amides is 1. The Hall–Kier alpha value is -1.10. The van der Waals surface area contributed by atoms with Gasteiger partial charge in [-0.2, -0.15) is 0 Å². The van der Waals surface area contributed by atoms with Gasteiger partial charge >= 0.3 is 0 Å².